The average Bonchev–Trinajstić information content (AvgIpc) is 2.66. The molecule has 1 aliphatic rings. The Bertz CT molecular complexity index is 268. The van der Waals surface area contributed by atoms with E-state index < -0.39 is 0 Å². The average molecular weight is 227 g/mol. The lowest BCUT2D eigenvalue weighted by atomic mass is 10.1. The smallest absolute Gasteiger partial charge is 0.242 e. The van der Waals surface area contributed by atoms with E-state index in [1.54, 1.807) is 0 Å². The summed E-state index contributed by atoms with van der Waals surface area (Å²) >= 11 is 0. The highest BCUT2D eigenvalue weighted by molar-refractivity contribution is 5.85. The highest BCUT2D eigenvalue weighted by Gasteiger charge is 2.31. The van der Waals surface area contributed by atoms with Gasteiger partial charge >= 0.3 is 0 Å². The topological polar surface area (TPSA) is 75.4 Å². The highest BCUT2D eigenvalue weighted by Crippen LogP contribution is 2.24. The van der Waals surface area contributed by atoms with Crippen molar-refractivity contribution in [3.05, 3.63) is 0 Å². The number of hydrogen-bond acceptors (Lipinski definition) is 3. The zero-order valence-corrected chi connectivity index (χ0v) is 10.0. The van der Waals surface area contributed by atoms with E-state index in [0.29, 0.717) is 12.0 Å². The number of likely N-dealkylation sites (tertiary alicyclic amines) is 1. The van der Waals surface area contributed by atoms with Gasteiger partial charge in [0, 0.05) is 12.6 Å². The molecule has 0 aromatic rings. The normalized spacial score (nSPS) is 24.6. The van der Waals surface area contributed by atoms with Gasteiger partial charge in [-0.3, -0.25) is 9.59 Å². The second-order valence-corrected chi connectivity index (χ2v) is 4.43. The van der Waals surface area contributed by atoms with Crippen molar-refractivity contribution in [1.29, 1.82) is 0 Å². The minimum absolute atomic E-state index is 0.00185. The van der Waals surface area contributed by atoms with Crippen molar-refractivity contribution in [3.63, 3.8) is 0 Å². The standard InChI is InChI=1S/C11H21N3O2/c1-3-9-4-8(2)7-14(9)11(16)6-13-10(15)5-12/h8-9H,3-7,12H2,1-2H3,(H,13,15). The summed E-state index contributed by atoms with van der Waals surface area (Å²) < 4.78 is 0. The van der Waals surface area contributed by atoms with Crippen LogP contribution in [0, 0.1) is 5.92 Å². The third-order valence-electron chi connectivity index (χ3n) is 3.04. The lowest BCUT2D eigenvalue weighted by Crippen LogP contribution is -2.43. The molecule has 0 aliphatic carbocycles. The van der Waals surface area contributed by atoms with Crippen LogP contribution in [0.25, 0.3) is 0 Å². The maximum Gasteiger partial charge on any atom is 0.242 e. The summed E-state index contributed by atoms with van der Waals surface area (Å²) in [6.07, 6.45) is 2.04. The van der Waals surface area contributed by atoms with Gasteiger partial charge in [-0.1, -0.05) is 13.8 Å². The van der Waals surface area contributed by atoms with Crippen molar-refractivity contribution in [2.24, 2.45) is 11.7 Å². The Hall–Kier alpha value is -1.10. The SMILES string of the molecule is CCC1CC(C)CN1C(=O)CNC(=O)CN. The molecule has 1 aliphatic heterocycles. The summed E-state index contributed by atoms with van der Waals surface area (Å²) in [5, 5.41) is 2.51. The predicted molar refractivity (Wildman–Crippen MR) is 61.6 cm³/mol. The Labute approximate surface area is 96.4 Å². The third-order valence-corrected chi connectivity index (χ3v) is 3.04. The number of nitrogens with one attached hydrogen (secondary N) is 1. The lowest BCUT2D eigenvalue weighted by molar-refractivity contribution is -0.133. The van der Waals surface area contributed by atoms with E-state index >= 15 is 0 Å². The molecule has 0 radical (unpaired) electrons. The molecule has 0 spiro atoms. The van der Waals surface area contributed by atoms with Crippen molar-refractivity contribution in [3.8, 4) is 0 Å². The van der Waals surface area contributed by atoms with Crippen LogP contribution in [-0.4, -0.2) is 42.4 Å². The molecule has 0 saturated carbocycles. The van der Waals surface area contributed by atoms with E-state index in [-0.39, 0.29) is 24.9 Å². The van der Waals surface area contributed by atoms with E-state index in [9.17, 15) is 9.59 Å². The van der Waals surface area contributed by atoms with Crippen molar-refractivity contribution >= 4 is 11.8 Å². The summed E-state index contributed by atoms with van der Waals surface area (Å²) in [5.41, 5.74) is 5.15. The van der Waals surface area contributed by atoms with Crippen LogP contribution in [0.5, 0.6) is 0 Å². The van der Waals surface area contributed by atoms with E-state index in [2.05, 4.69) is 19.2 Å². The largest absolute Gasteiger partial charge is 0.346 e. The van der Waals surface area contributed by atoms with Crippen molar-refractivity contribution in [1.82, 2.24) is 10.2 Å². The summed E-state index contributed by atoms with van der Waals surface area (Å²) in [4.78, 5) is 24.7. The van der Waals surface area contributed by atoms with E-state index in [4.69, 9.17) is 5.73 Å². The van der Waals surface area contributed by atoms with Crippen molar-refractivity contribution in [2.45, 2.75) is 32.7 Å². The van der Waals surface area contributed by atoms with E-state index in [1.807, 2.05) is 4.90 Å². The number of rotatable bonds is 4. The molecule has 1 fully saturated rings. The first kappa shape index (κ1) is 13.0. The van der Waals surface area contributed by atoms with Crippen LogP contribution in [0.4, 0.5) is 0 Å². The summed E-state index contributed by atoms with van der Waals surface area (Å²) in [5.74, 6) is 0.269. The number of carbonyl (C=O) groups excluding carboxylic acids is 2. The minimum Gasteiger partial charge on any atom is -0.346 e. The van der Waals surface area contributed by atoms with Crippen LogP contribution < -0.4 is 11.1 Å². The first-order valence-electron chi connectivity index (χ1n) is 5.84. The molecule has 2 atom stereocenters. The van der Waals surface area contributed by atoms with E-state index in [0.717, 1.165) is 19.4 Å². The quantitative estimate of drug-likeness (QED) is 0.693. The Morgan fingerprint density at radius 1 is 1.50 bits per heavy atom. The van der Waals surface area contributed by atoms with Crippen LogP contribution in [-0.2, 0) is 9.59 Å². The number of carbonyl (C=O) groups is 2. The van der Waals surface area contributed by atoms with Crippen LogP contribution in [0.15, 0.2) is 0 Å². The zero-order chi connectivity index (χ0) is 12.1. The van der Waals surface area contributed by atoms with Crippen molar-refractivity contribution in [2.75, 3.05) is 19.6 Å². The fourth-order valence-corrected chi connectivity index (χ4v) is 2.19. The molecular formula is C11H21N3O2. The maximum atomic E-state index is 11.9. The zero-order valence-electron chi connectivity index (χ0n) is 10.0. The molecule has 2 amide bonds. The number of nitrogens with zero attached hydrogens (tertiary/aromatic N) is 1. The van der Waals surface area contributed by atoms with Crippen LogP contribution in [0.1, 0.15) is 26.7 Å². The van der Waals surface area contributed by atoms with Gasteiger partial charge in [0.15, 0.2) is 0 Å². The molecule has 3 N–H and O–H groups in total. The summed E-state index contributed by atoms with van der Waals surface area (Å²) in [7, 11) is 0. The number of hydrogen-bond donors (Lipinski definition) is 2. The first-order valence-corrected chi connectivity index (χ1v) is 5.84. The van der Waals surface area contributed by atoms with Gasteiger partial charge < -0.3 is 16.0 Å². The van der Waals surface area contributed by atoms with Gasteiger partial charge in [-0.05, 0) is 18.8 Å². The number of nitrogens with two attached hydrogens (primary N) is 1. The Morgan fingerprint density at radius 3 is 2.75 bits per heavy atom. The van der Waals surface area contributed by atoms with Gasteiger partial charge in [0.25, 0.3) is 0 Å². The minimum atomic E-state index is -0.284. The molecule has 0 bridgehead atoms. The molecule has 2 unspecified atom stereocenters. The van der Waals surface area contributed by atoms with Gasteiger partial charge in [-0.15, -0.1) is 0 Å². The van der Waals surface area contributed by atoms with Crippen LogP contribution >= 0.6 is 0 Å². The predicted octanol–water partition coefficient (Wildman–Crippen LogP) is -0.292. The van der Waals surface area contributed by atoms with Gasteiger partial charge in [0.05, 0.1) is 13.1 Å². The molecule has 92 valence electrons. The number of amides is 2. The van der Waals surface area contributed by atoms with Crippen LogP contribution in [0.3, 0.4) is 0 Å². The van der Waals surface area contributed by atoms with Gasteiger partial charge in [0.1, 0.15) is 0 Å². The lowest BCUT2D eigenvalue weighted by Gasteiger charge is -2.23. The molecule has 16 heavy (non-hydrogen) atoms. The molecule has 1 rings (SSSR count). The Kier molecular flexibility index (Phi) is 4.73. The van der Waals surface area contributed by atoms with Crippen LogP contribution in [0.2, 0.25) is 0 Å². The fourth-order valence-electron chi connectivity index (χ4n) is 2.19. The molecule has 0 aromatic carbocycles. The van der Waals surface area contributed by atoms with Gasteiger partial charge in [-0.2, -0.15) is 0 Å². The maximum absolute atomic E-state index is 11.9. The van der Waals surface area contributed by atoms with Gasteiger partial charge in [-0.25, -0.2) is 0 Å². The monoisotopic (exact) mass is 227 g/mol. The molecule has 5 nitrogen and oxygen atoms in total. The molecule has 1 heterocycles. The molecule has 5 heteroatoms. The van der Waals surface area contributed by atoms with E-state index in [1.165, 1.54) is 0 Å². The highest BCUT2D eigenvalue weighted by atomic mass is 16.2. The Morgan fingerprint density at radius 2 is 2.19 bits per heavy atom. The first-order chi connectivity index (χ1) is 7.58. The molecule has 1 saturated heterocycles. The Balaban J connectivity index is 2.44. The van der Waals surface area contributed by atoms with Gasteiger partial charge in [0.2, 0.25) is 11.8 Å². The molecule has 0 aromatic heterocycles. The van der Waals surface area contributed by atoms with Crippen molar-refractivity contribution < 1.29 is 9.59 Å². The third kappa shape index (κ3) is 3.20. The fraction of sp³-hybridized carbons (Fsp3) is 0.818. The second-order valence-electron chi connectivity index (χ2n) is 4.43. The second kappa shape index (κ2) is 5.84. The molecular weight excluding hydrogens is 206 g/mol. The summed E-state index contributed by atoms with van der Waals surface area (Å²) in [6.45, 7) is 5.03. The summed E-state index contributed by atoms with van der Waals surface area (Å²) in [6, 6.07) is 0.331.